The number of unbranched alkanes of at least 4 members (excludes halogenated alkanes) is 8. The summed E-state index contributed by atoms with van der Waals surface area (Å²) < 4.78 is 10.8. The van der Waals surface area contributed by atoms with E-state index in [1.807, 2.05) is 20.8 Å². The van der Waals surface area contributed by atoms with Crippen LogP contribution >= 0.6 is 0 Å². The first kappa shape index (κ1) is 40.4. The van der Waals surface area contributed by atoms with Crippen LogP contribution in [-0.2, 0) is 28.7 Å². The minimum atomic E-state index is -0.517. The summed E-state index contributed by atoms with van der Waals surface area (Å²) in [5.41, 5.74) is 0. The van der Waals surface area contributed by atoms with Gasteiger partial charge in [-0.2, -0.15) is 0 Å². The van der Waals surface area contributed by atoms with Crippen molar-refractivity contribution in [2.75, 3.05) is 13.7 Å². The number of carbonyl (C=O) groups is 4. The maximum atomic E-state index is 13.5. The Morgan fingerprint density at radius 1 is 0.524 bits per heavy atom. The van der Waals surface area contributed by atoms with E-state index < -0.39 is 6.10 Å². The summed E-state index contributed by atoms with van der Waals surface area (Å²) in [5.74, 6) is -0.487. The number of ketones is 3. The topological polar surface area (TPSA) is 86.7 Å². The first-order valence-electron chi connectivity index (χ1n) is 17.6. The Bertz CT molecular complexity index is 718. The monoisotopic (exact) mass is 594 g/mol. The number of methoxy groups -OCH3 is 1. The zero-order valence-electron chi connectivity index (χ0n) is 28.3. The van der Waals surface area contributed by atoms with Gasteiger partial charge in [-0.3, -0.25) is 14.4 Å². The first-order chi connectivity index (χ1) is 20.3. The molecule has 0 aliphatic carbocycles. The molecule has 0 aromatic rings. The lowest BCUT2D eigenvalue weighted by Gasteiger charge is -2.29. The predicted octanol–water partition coefficient (Wildman–Crippen LogP) is 9.39. The van der Waals surface area contributed by atoms with Gasteiger partial charge in [0.1, 0.15) is 17.3 Å². The largest absolute Gasteiger partial charge is 0.467 e. The van der Waals surface area contributed by atoms with Gasteiger partial charge in [-0.1, -0.05) is 98.8 Å². The van der Waals surface area contributed by atoms with Gasteiger partial charge in [0.2, 0.25) is 0 Å². The van der Waals surface area contributed by atoms with Crippen molar-refractivity contribution in [1.29, 1.82) is 0 Å². The number of carbonyl (C=O) groups excluding carboxylic acids is 4. The van der Waals surface area contributed by atoms with E-state index in [-0.39, 0.29) is 41.1 Å². The number of esters is 1. The highest BCUT2D eigenvalue weighted by molar-refractivity contribution is 5.90. The van der Waals surface area contributed by atoms with Crippen molar-refractivity contribution < 1.29 is 28.7 Å². The Hall–Kier alpha value is -1.56. The summed E-state index contributed by atoms with van der Waals surface area (Å²) in [4.78, 5) is 52.2. The third kappa shape index (κ3) is 18.2. The van der Waals surface area contributed by atoms with Crippen molar-refractivity contribution in [3.05, 3.63) is 0 Å². The number of ether oxygens (including phenoxy) is 2. The molecule has 0 saturated heterocycles. The van der Waals surface area contributed by atoms with Crippen LogP contribution in [0.25, 0.3) is 0 Å². The molecule has 246 valence electrons. The van der Waals surface area contributed by atoms with E-state index >= 15 is 0 Å². The van der Waals surface area contributed by atoms with Crippen LogP contribution in [0, 0.1) is 17.8 Å². The Kier molecular flexibility index (Phi) is 26.0. The summed E-state index contributed by atoms with van der Waals surface area (Å²) in [6.07, 6.45) is 17.2. The van der Waals surface area contributed by atoms with Crippen molar-refractivity contribution in [3.63, 3.8) is 0 Å². The minimum absolute atomic E-state index is 0.128. The average molecular weight is 595 g/mol. The highest BCUT2D eigenvalue weighted by Crippen LogP contribution is 2.33. The van der Waals surface area contributed by atoms with Crippen LogP contribution in [0.2, 0.25) is 0 Å². The lowest BCUT2D eigenvalue weighted by molar-refractivity contribution is -0.154. The average Bonchev–Trinajstić information content (AvgIpc) is 2.97. The third-order valence-corrected chi connectivity index (χ3v) is 8.46. The number of hydrogen-bond donors (Lipinski definition) is 0. The van der Waals surface area contributed by atoms with Crippen LogP contribution in [0.3, 0.4) is 0 Å². The zero-order chi connectivity index (χ0) is 31.6. The highest BCUT2D eigenvalue weighted by atomic mass is 16.6. The van der Waals surface area contributed by atoms with E-state index in [1.54, 1.807) is 0 Å². The highest BCUT2D eigenvalue weighted by Gasteiger charge is 2.35. The van der Waals surface area contributed by atoms with Crippen molar-refractivity contribution in [2.45, 2.75) is 176 Å². The summed E-state index contributed by atoms with van der Waals surface area (Å²) in [6.45, 7) is 11.0. The van der Waals surface area contributed by atoms with Gasteiger partial charge in [0, 0.05) is 43.6 Å². The van der Waals surface area contributed by atoms with Crippen LogP contribution in [0.5, 0.6) is 0 Å². The molecule has 0 bridgehead atoms. The van der Waals surface area contributed by atoms with Crippen molar-refractivity contribution >= 4 is 23.3 Å². The standard InChI is InChI=1S/C36H66O6/c1-7-12-14-17-24-29(32(37)21-9-3)28-31(34(39)23-11-5)30(33(38)22-10-4)25-18-15-16-19-26-35(36(40)41-6)42-27-20-13-8-2/h29-31,35H,7-28H2,1-6H3. The van der Waals surface area contributed by atoms with Crippen LogP contribution in [-0.4, -0.2) is 43.1 Å². The van der Waals surface area contributed by atoms with Gasteiger partial charge in [-0.05, 0) is 51.4 Å². The van der Waals surface area contributed by atoms with Crippen LogP contribution < -0.4 is 0 Å². The van der Waals surface area contributed by atoms with Crippen molar-refractivity contribution in [2.24, 2.45) is 17.8 Å². The number of hydrogen-bond acceptors (Lipinski definition) is 6. The molecule has 0 heterocycles. The van der Waals surface area contributed by atoms with Gasteiger partial charge in [0.25, 0.3) is 0 Å². The van der Waals surface area contributed by atoms with Gasteiger partial charge in [-0.15, -0.1) is 0 Å². The maximum absolute atomic E-state index is 13.5. The third-order valence-electron chi connectivity index (χ3n) is 8.46. The molecule has 6 heteroatoms. The molecule has 4 atom stereocenters. The van der Waals surface area contributed by atoms with E-state index in [0.717, 1.165) is 96.3 Å². The molecule has 0 spiro atoms. The molecule has 0 saturated carbocycles. The minimum Gasteiger partial charge on any atom is -0.467 e. The van der Waals surface area contributed by atoms with E-state index in [0.29, 0.717) is 45.1 Å². The van der Waals surface area contributed by atoms with E-state index in [9.17, 15) is 19.2 Å². The quantitative estimate of drug-likeness (QED) is 0.0608. The van der Waals surface area contributed by atoms with E-state index in [2.05, 4.69) is 13.8 Å². The summed E-state index contributed by atoms with van der Waals surface area (Å²) in [5, 5.41) is 0. The van der Waals surface area contributed by atoms with Gasteiger partial charge in [0.05, 0.1) is 7.11 Å². The van der Waals surface area contributed by atoms with E-state index in [4.69, 9.17) is 9.47 Å². The van der Waals surface area contributed by atoms with Gasteiger partial charge < -0.3 is 9.47 Å². The normalized spacial score (nSPS) is 14.2. The van der Waals surface area contributed by atoms with E-state index in [1.165, 1.54) is 7.11 Å². The van der Waals surface area contributed by atoms with Crippen LogP contribution in [0.4, 0.5) is 0 Å². The van der Waals surface area contributed by atoms with Crippen LogP contribution in [0.1, 0.15) is 169 Å². The molecule has 0 fully saturated rings. The van der Waals surface area contributed by atoms with Crippen molar-refractivity contribution in [1.82, 2.24) is 0 Å². The molecule has 0 amide bonds. The first-order valence-corrected chi connectivity index (χ1v) is 17.6. The fourth-order valence-electron chi connectivity index (χ4n) is 5.98. The van der Waals surface area contributed by atoms with Gasteiger partial charge in [0.15, 0.2) is 6.10 Å². The SMILES string of the molecule is CCCCCCC(CC(C(=O)CCC)C(CCCCCCC(OCCCCC)C(=O)OC)C(=O)CCC)C(=O)CCC. The summed E-state index contributed by atoms with van der Waals surface area (Å²) in [7, 11) is 1.40. The second kappa shape index (κ2) is 27.0. The molecule has 42 heavy (non-hydrogen) atoms. The second-order valence-electron chi connectivity index (χ2n) is 12.2. The Labute approximate surface area is 258 Å². The number of Topliss-reactive ketones (excluding diaryl/α,β-unsaturated/α-hetero) is 3. The molecule has 4 unspecified atom stereocenters. The molecule has 0 N–H and O–H groups in total. The van der Waals surface area contributed by atoms with Gasteiger partial charge in [-0.25, -0.2) is 4.79 Å². The predicted molar refractivity (Wildman–Crippen MR) is 173 cm³/mol. The van der Waals surface area contributed by atoms with Gasteiger partial charge >= 0.3 is 5.97 Å². The fourth-order valence-corrected chi connectivity index (χ4v) is 5.98. The molecule has 0 aliphatic rings. The molecule has 6 nitrogen and oxygen atoms in total. The fraction of sp³-hybridized carbons (Fsp3) is 0.889. The lowest BCUT2D eigenvalue weighted by Crippen LogP contribution is -2.33. The lowest BCUT2D eigenvalue weighted by atomic mass is 9.73. The summed E-state index contributed by atoms with van der Waals surface area (Å²) in [6, 6.07) is 0. The molecule has 0 aromatic carbocycles. The summed E-state index contributed by atoms with van der Waals surface area (Å²) >= 11 is 0. The molecular weight excluding hydrogens is 528 g/mol. The molecule has 0 aliphatic heterocycles. The molecule has 0 rings (SSSR count). The Morgan fingerprint density at radius 3 is 1.60 bits per heavy atom. The maximum Gasteiger partial charge on any atom is 0.334 e. The molecule has 0 aromatic heterocycles. The molecule has 0 radical (unpaired) electrons. The molecular formula is C36H66O6. The number of rotatable bonds is 30. The Morgan fingerprint density at radius 2 is 1.02 bits per heavy atom. The second-order valence-corrected chi connectivity index (χ2v) is 12.2. The van der Waals surface area contributed by atoms with Crippen LogP contribution in [0.15, 0.2) is 0 Å². The zero-order valence-corrected chi connectivity index (χ0v) is 28.3. The van der Waals surface area contributed by atoms with Crippen molar-refractivity contribution in [3.8, 4) is 0 Å². The smallest absolute Gasteiger partial charge is 0.334 e. The Balaban J connectivity index is 5.39.